The topological polar surface area (TPSA) is 69.7 Å². The first kappa shape index (κ1) is 23.4. The highest BCUT2D eigenvalue weighted by molar-refractivity contribution is 7.89. The van der Waals surface area contributed by atoms with Crippen molar-refractivity contribution < 1.29 is 13.2 Å². The first-order valence-electron chi connectivity index (χ1n) is 11.0. The van der Waals surface area contributed by atoms with Gasteiger partial charge in [-0.3, -0.25) is 4.79 Å². The second kappa shape index (κ2) is 11.4. The average molecular weight is 444 g/mol. The quantitative estimate of drug-likeness (QED) is 0.613. The van der Waals surface area contributed by atoms with Crippen molar-refractivity contribution in [2.75, 3.05) is 33.2 Å². The fourth-order valence-corrected chi connectivity index (χ4v) is 5.31. The van der Waals surface area contributed by atoms with E-state index in [9.17, 15) is 13.2 Å². The molecule has 1 amide bonds. The number of nitrogens with one attached hydrogen (secondary N) is 1. The van der Waals surface area contributed by atoms with E-state index in [-0.39, 0.29) is 5.91 Å². The van der Waals surface area contributed by atoms with E-state index in [4.69, 9.17) is 0 Å². The minimum absolute atomic E-state index is 0.0122. The van der Waals surface area contributed by atoms with Gasteiger partial charge in [-0.1, -0.05) is 48.9 Å². The maximum atomic E-state index is 12.7. The third kappa shape index (κ3) is 7.16. The molecule has 31 heavy (non-hydrogen) atoms. The van der Waals surface area contributed by atoms with Crippen LogP contribution >= 0.6 is 0 Å². The van der Waals surface area contributed by atoms with E-state index >= 15 is 0 Å². The van der Waals surface area contributed by atoms with Crippen molar-refractivity contribution in [3.8, 4) is 0 Å². The van der Waals surface area contributed by atoms with Crippen molar-refractivity contribution in [2.24, 2.45) is 0 Å². The molecule has 3 rings (SSSR count). The minimum Gasteiger partial charge on any atom is -0.355 e. The Morgan fingerprint density at radius 3 is 2.32 bits per heavy atom. The van der Waals surface area contributed by atoms with Crippen LogP contribution in [0.1, 0.15) is 36.8 Å². The van der Waals surface area contributed by atoms with Gasteiger partial charge in [-0.05, 0) is 49.6 Å². The number of carbonyl (C=O) groups is 1. The fourth-order valence-electron chi connectivity index (χ4n) is 3.79. The number of rotatable bonds is 10. The first-order valence-corrected chi connectivity index (χ1v) is 12.5. The highest BCUT2D eigenvalue weighted by Gasteiger charge is 2.25. The van der Waals surface area contributed by atoms with Crippen molar-refractivity contribution in [1.29, 1.82) is 0 Å². The predicted molar refractivity (Wildman–Crippen MR) is 123 cm³/mol. The Bertz CT molecular complexity index is 924. The number of aryl methyl sites for hydroxylation is 1. The van der Waals surface area contributed by atoms with E-state index < -0.39 is 10.0 Å². The Hall–Kier alpha value is -2.22. The lowest BCUT2D eigenvalue weighted by Gasteiger charge is -2.25. The van der Waals surface area contributed by atoms with Crippen molar-refractivity contribution in [2.45, 2.75) is 43.5 Å². The monoisotopic (exact) mass is 443 g/mol. The van der Waals surface area contributed by atoms with E-state index in [1.165, 1.54) is 5.56 Å². The summed E-state index contributed by atoms with van der Waals surface area (Å²) in [6.45, 7) is 3.44. The largest absolute Gasteiger partial charge is 0.355 e. The van der Waals surface area contributed by atoms with Crippen LogP contribution in [-0.4, -0.2) is 56.8 Å². The maximum Gasteiger partial charge on any atom is 0.243 e. The zero-order valence-electron chi connectivity index (χ0n) is 18.3. The van der Waals surface area contributed by atoms with E-state index in [1.807, 2.05) is 37.4 Å². The molecule has 0 unspecified atom stereocenters. The van der Waals surface area contributed by atoms with E-state index in [0.29, 0.717) is 37.4 Å². The molecule has 0 radical (unpaired) electrons. The second-order valence-electron chi connectivity index (χ2n) is 8.18. The summed E-state index contributed by atoms with van der Waals surface area (Å²) in [6, 6.07) is 17.2. The van der Waals surface area contributed by atoms with Crippen LogP contribution in [0.2, 0.25) is 0 Å². The molecule has 1 aliphatic rings. The van der Waals surface area contributed by atoms with Crippen molar-refractivity contribution >= 4 is 15.9 Å². The average Bonchev–Trinajstić information content (AvgIpc) is 2.79. The molecular formula is C24H33N3O3S. The molecule has 1 aliphatic heterocycles. The molecule has 1 saturated heterocycles. The van der Waals surface area contributed by atoms with Crippen LogP contribution in [0.5, 0.6) is 0 Å². The SMILES string of the molecule is CN(CCNC(=O)CCc1ccc(S(=O)(=O)N2CCCCC2)cc1)Cc1ccccc1. The van der Waals surface area contributed by atoms with Gasteiger partial charge < -0.3 is 10.2 Å². The van der Waals surface area contributed by atoms with E-state index in [2.05, 4.69) is 22.3 Å². The van der Waals surface area contributed by atoms with Gasteiger partial charge >= 0.3 is 0 Å². The Morgan fingerprint density at radius 1 is 0.968 bits per heavy atom. The fraction of sp³-hybridized carbons (Fsp3) is 0.458. The Kier molecular flexibility index (Phi) is 8.63. The molecule has 0 atom stereocenters. The number of likely N-dealkylation sites (N-methyl/N-ethyl adjacent to an activating group) is 1. The number of carbonyl (C=O) groups excluding carboxylic acids is 1. The maximum absolute atomic E-state index is 12.7. The zero-order valence-corrected chi connectivity index (χ0v) is 19.1. The minimum atomic E-state index is -3.40. The number of hydrogen-bond donors (Lipinski definition) is 1. The van der Waals surface area contributed by atoms with Gasteiger partial charge in [0.25, 0.3) is 0 Å². The van der Waals surface area contributed by atoms with Crippen LogP contribution in [0.15, 0.2) is 59.5 Å². The lowest BCUT2D eigenvalue weighted by atomic mass is 10.1. The summed E-state index contributed by atoms with van der Waals surface area (Å²) in [4.78, 5) is 14.7. The number of sulfonamides is 1. The van der Waals surface area contributed by atoms with Crippen LogP contribution in [0.25, 0.3) is 0 Å². The molecular weight excluding hydrogens is 410 g/mol. The summed E-state index contributed by atoms with van der Waals surface area (Å²) >= 11 is 0. The van der Waals surface area contributed by atoms with Gasteiger partial charge in [0.05, 0.1) is 4.90 Å². The Morgan fingerprint density at radius 2 is 1.65 bits per heavy atom. The van der Waals surface area contributed by atoms with Gasteiger partial charge in [0.15, 0.2) is 0 Å². The summed E-state index contributed by atoms with van der Waals surface area (Å²) in [7, 11) is -1.36. The summed E-state index contributed by atoms with van der Waals surface area (Å²) in [5.74, 6) is 0.0122. The first-order chi connectivity index (χ1) is 14.9. The summed E-state index contributed by atoms with van der Waals surface area (Å²) < 4.78 is 27.0. The van der Waals surface area contributed by atoms with Gasteiger partial charge in [0.1, 0.15) is 0 Å². The number of hydrogen-bond acceptors (Lipinski definition) is 4. The molecule has 7 heteroatoms. The number of amides is 1. The van der Waals surface area contributed by atoms with Crippen molar-refractivity contribution in [1.82, 2.24) is 14.5 Å². The molecule has 6 nitrogen and oxygen atoms in total. The highest BCUT2D eigenvalue weighted by Crippen LogP contribution is 2.21. The number of nitrogens with zero attached hydrogens (tertiary/aromatic N) is 2. The standard InChI is InChI=1S/C24H33N3O3S/c1-26(20-22-8-4-2-5-9-22)19-16-25-24(28)15-12-21-10-13-23(14-11-21)31(29,30)27-17-6-3-7-18-27/h2,4-5,8-11,13-14H,3,6-7,12,15-20H2,1H3,(H,25,28). The molecule has 1 heterocycles. The zero-order chi connectivity index (χ0) is 22.1. The van der Waals surface area contributed by atoms with Gasteiger partial charge in [0, 0.05) is 39.1 Å². The molecule has 2 aromatic rings. The third-order valence-electron chi connectivity index (χ3n) is 5.63. The van der Waals surface area contributed by atoms with Crippen molar-refractivity contribution in [3.63, 3.8) is 0 Å². The predicted octanol–water partition coefficient (Wildman–Crippen LogP) is 3.04. The summed E-state index contributed by atoms with van der Waals surface area (Å²) in [6.07, 6.45) is 3.93. The van der Waals surface area contributed by atoms with Gasteiger partial charge in [0.2, 0.25) is 15.9 Å². The Labute approximate surface area is 186 Å². The van der Waals surface area contributed by atoms with Crippen molar-refractivity contribution in [3.05, 3.63) is 65.7 Å². The molecule has 2 aromatic carbocycles. The lowest BCUT2D eigenvalue weighted by Crippen LogP contribution is -2.35. The van der Waals surface area contributed by atoms with Crippen LogP contribution in [0, 0.1) is 0 Å². The third-order valence-corrected chi connectivity index (χ3v) is 7.54. The normalized spacial score (nSPS) is 15.2. The van der Waals surface area contributed by atoms with E-state index in [1.54, 1.807) is 16.4 Å². The molecule has 0 aromatic heterocycles. The van der Waals surface area contributed by atoms with Crippen LogP contribution in [0.3, 0.4) is 0 Å². The molecule has 1 fully saturated rings. The number of benzene rings is 2. The lowest BCUT2D eigenvalue weighted by molar-refractivity contribution is -0.121. The molecule has 0 spiro atoms. The highest BCUT2D eigenvalue weighted by atomic mass is 32.2. The van der Waals surface area contributed by atoms with Gasteiger partial charge in [-0.25, -0.2) is 8.42 Å². The van der Waals surface area contributed by atoms with Crippen LogP contribution < -0.4 is 5.32 Å². The molecule has 0 bridgehead atoms. The van der Waals surface area contributed by atoms with Crippen LogP contribution in [0.4, 0.5) is 0 Å². The van der Waals surface area contributed by atoms with Crippen LogP contribution in [-0.2, 0) is 27.8 Å². The van der Waals surface area contributed by atoms with E-state index in [0.717, 1.165) is 37.9 Å². The molecule has 0 aliphatic carbocycles. The van der Waals surface area contributed by atoms with Gasteiger partial charge in [-0.2, -0.15) is 4.31 Å². The smallest absolute Gasteiger partial charge is 0.243 e. The molecule has 0 saturated carbocycles. The second-order valence-corrected chi connectivity index (χ2v) is 10.1. The summed E-state index contributed by atoms with van der Waals surface area (Å²) in [5, 5.41) is 2.97. The molecule has 1 N–H and O–H groups in total. The van der Waals surface area contributed by atoms with Gasteiger partial charge in [-0.15, -0.1) is 0 Å². The summed E-state index contributed by atoms with van der Waals surface area (Å²) in [5.41, 5.74) is 2.22. The molecule has 168 valence electrons. The number of piperidine rings is 1. The Balaban J connectivity index is 1.39.